The molecule has 0 spiro atoms. The summed E-state index contributed by atoms with van der Waals surface area (Å²) in [5.41, 5.74) is 5.60. The van der Waals surface area contributed by atoms with E-state index in [0.29, 0.717) is 5.69 Å². The second-order valence-corrected chi connectivity index (χ2v) is 7.67. The van der Waals surface area contributed by atoms with E-state index in [0.717, 1.165) is 22.5 Å². The largest absolute Gasteiger partial charge is 0.428 e. The van der Waals surface area contributed by atoms with Gasteiger partial charge in [0.15, 0.2) is 0 Å². The van der Waals surface area contributed by atoms with Crippen molar-refractivity contribution in [3.63, 3.8) is 0 Å². The molecule has 0 aliphatic rings. The van der Waals surface area contributed by atoms with Crippen LogP contribution < -0.4 is 4.18 Å². The average molecular weight is 395 g/mol. The van der Waals surface area contributed by atoms with Crippen LogP contribution in [0.3, 0.4) is 0 Å². The highest BCUT2D eigenvalue weighted by atomic mass is 32.2. The Morgan fingerprint density at radius 3 is 2.14 bits per heavy atom. The lowest BCUT2D eigenvalue weighted by Crippen LogP contribution is -2.06. The van der Waals surface area contributed by atoms with Crippen LogP contribution in [0.2, 0.25) is 0 Å². The van der Waals surface area contributed by atoms with Crippen LogP contribution in [0.15, 0.2) is 64.0 Å². The molecule has 0 amide bonds. The van der Waals surface area contributed by atoms with Crippen LogP contribution in [0.4, 0.5) is 5.69 Å². The van der Waals surface area contributed by atoms with Gasteiger partial charge >= 0.3 is 10.3 Å². The minimum atomic E-state index is -4.08. The van der Waals surface area contributed by atoms with Gasteiger partial charge in [-0.2, -0.15) is 8.42 Å². The molecular weight excluding hydrogens is 374 g/mol. The molecule has 0 atom stereocenters. The summed E-state index contributed by atoms with van der Waals surface area (Å²) in [5, 5.41) is 0. The third kappa shape index (κ3) is 5.17. The summed E-state index contributed by atoms with van der Waals surface area (Å²) >= 11 is 0. The van der Waals surface area contributed by atoms with Gasteiger partial charge in [0.25, 0.3) is 0 Å². The van der Waals surface area contributed by atoms with Gasteiger partial charge in [0.1, 0.15) is 5.75 Å². The fourth-order valence-electron chi connectivity index (χ4n) is 2.83. The predicted molar refractivity (Wildman–Crippen MR) is 112 cm³/mol. The van der Waals surface area contributed by atoms with E-state index >= 15 is 0 Å². The highest BCUT2D eigenvalue weighted by molar-refractivity contribution is 7.85. The van der Waals surface area contributed by atoms with Crippen molar-refractivity contribution in [1.29, 1.82) is 0 Å². The van der Waals surface area contributed by atoms with Crippen LogP contribution in [0.25, 0.3) is 0 Å². The van der Waals surface area contributed by atoms with Gasteiger partial charge in [0, 0.05) is 0 Å². The van der Waals surface area contributed by atoms with Gasteiger partial charge in [-0.15, -0.1) is 4.40 Å². The van der Waals surface area contributed by atoms with Crippen molar-refractivity contribution in [3.8, 4) is 5.75 Å². The van der Waals surface area contributed by atoms with E-state index in [4.69, 9.17) is 4.18 Å². The normalized spacial score (nSPS) is 12.1. The van der Waals surface area contributed by atoms with Gasteiger partial charge < -0.3 is 9.17 Å². The fraction of sp³-hybridized carbons (Fsp3) is 0.143. The minimum Gasteiger partial charge on any atom is -0.366 e. The maximum absolute atomic E-state index is 11.9. The molecule has 0 saturated heterocycles. The van der Waals surface area contributed by atoms with Gasteiger partial charge in [0.05, 0.1) is 29.5 Å². The number of hydrogen-bond donors (Lipinski definition) is 1. The van der Waals surface area contributed by atoms with Crippen molar-refractivity contribution in [3.05, 3.63) is 82.7 Å². The van der Waals surface area contributed by atoms with Crippen molar-refractivity contribution < 1.29 is 12.6 Å². The molecule has 1 heterocycles. The third-order valence-corrected chi connectivity index (χ3v) is 4.73. The predicted octanol–water partition coefficient (Wildman–Crippen LogP) is 4.43. The van der Waals surface area contributed by atoms with Gasteiger partial charge in [-0.1, -0.05) is 35.9 Å². The summed E-state index contributed by atoms with van der Waals surface area (Å²) in [7, 11) is -4.08. The first-order valence-electron chi connectivity index (χ1n) is 8.68. The number of benzene rings is 2. The lowest BCUT2D eigenvalue weighted by Gasteiger charge is -2.05. The Labute approximate surface area is 164 Å². The van der Waals surface area contributed by atoms with Crippen LogP contribution >= 0.6 is 0 Å². The lowest BCUT2D eigenvalue weighted by molar-refractivity contribution is 0.488. The summed E-state index contributed by atoms with van der Waals surface area (Å²) < 4.78 is 32.3. The van der Waals surface area contributed by atoms with Crippen LogP contribution in [0.1, 0.15) is 28.1 Å². The number of aromatic nitrogens is 1. The summed E-state index contributed by atoms with van der Waals surface area (Å²) in [5.74, 6) is 0.211. The van der Waals surface area contributed by atoms with E-state index < -0.39 is 10.3 Å². The van der Waals surface area contributed by atoms with Crippen LogP contribution in [0, 0.1) is 20.8 Å². The number of nitrogens with zero attached hydrogens (tertiary/aromatic N) is 2. The molecule has 0 radical (unpaired) electrons. The molecule has 3 rings (SSSR count). The van der Waals surface area contributed by atoms with Crippen molar-refractivity contribution >= 4 is 28.4 Å². The Hall–Kier alpha value is -3.19. The van der Waals surface area contributed by atoms with E-state index in [-0.39, 0.29) is 5.75 Å². The standard InChI is InChI=1S/C21H21N3O3S/c1-15-11-16(2)21(17(3)12-15)22-13-18-9-10-19(24-18)14-23-28(25,26)27-20-7-5-4-6-8-20/h4-14,24H,1-3H3. The Morgan fingerprint density at radius 2 is 1.50 bits per heavy atom. The number of nitrogens with one attached hydrogen (secondary N) is 1. The molecular formula is C21H21N3O3S. The molecule has 0 bridgehead atoms. The van der Waals surface area contributed by atoms with E-state index in [1.54, 1.807) is 48.7 Å². The molecule has 28 heavy (non-hydrogen) atoms. The summed E-state index contributed by atoms with van der Waals surface area (Å²) in [6.07, 6.45) is 2.91. The Bertz CT molecular complexity index is 1110. The number of aryl methyl sites for hydroxylation is 3. The van der Waals surface area contributed by atoms with Gasteiger partial charge in [-0.25, -0.2) is 0 Å². The maximum Gasteiger partial charge on any atom is 0.428 e. The molecule has 0 fully saturated rings. The number of aliphatic imine (C=N–C) groups is 1. The quantitative estimate of drug-likeness (QED) is 0.627. The van der Waals surface area contributed by atoms with E-state index in [1.165, 1.54) is 11.8 Å². The molecule has 0 saturated carbocycles. The Morgan fingerprint density at radius 1 is 0.893 bits per heavy atom. The first-order valence-corrected chi connectivity index (χ1v) is 10.0. The average Bonchev–Trinajstić information content (AvgIpc) is 3.08. The molecule has 3 aromatic rings. The molecule has 1 aromatic heterocycles. The zero-order chi connectivity index (χ0) is 20.1. The smallest absolute Gasteiger partial charge is 0.366 e. The van der Waals surface area contributed by atoms with Gasteiger partial charge in [0.2, 0.25) is 0 Å². The molecule has 0 aliphatic heterocycles. The summed E-state index contributed by atoms with van der Waals surface area (Å²) in [4.78, 5) is 7.60. The van der Waals surface area contributed by atoms with Crippen molar-refractivity contribution in [2.75, 3.05) is 0 Å². The molecule has 1 N–H and O–H groups in total. The maximum atomic E-state index is 11.9. The topological polar surface area (TPSA) is 83.9 Å². The lowest BCUT2D eigenvalue weighted by atomic mass is 10.1. The third-order valence-electron chi connectivity index (χ3n) is 3.96. The fourth-order valence-corrected chi connectivity index (χ4v) is 3.47. The molecule has 144 valence electrons. The monoisotopic (exact) mass is 395 g/mol. The van der Waals surface area contributed by atoms with Crippen LogP contribution in [-0.4, -0.2) is 25.8 Å². The van der Waals surface area contributed by atoms with Gasteiger partial charge in [-0.05, 0) is 56.2 Å². The SMILES string of the molecule is Cc1cc(C)c(N=Cc2ccc(C=NS(=O)(=O)Oc3ccccc3)[nH]2)c(C)c1. The van der Waals surface area contributed by atoms with Gasteiger partial charge in [-0.3, -0.25) is 4.99 Å². The molecule has 0 aliphatic carbocycles. The van der Waals surface area contributed by atoms with Crippen molar-refractivity contribution in [2.45, 2.75) is 20.8 Å². The Kier molecular flexibility index (Phi) is 5.75. The first kappa shape index (κ1) is 19.6. The minimum absolute atomic E-state index is 0.211. The molecule has 0 unspecified atom stereocenters. The first-order chi connectivity index (χ1) is 13.3. The molecule has 2 aromatic carbocycles. The molecule has 6 nitrogen and oxygen atoms in total. The zero-order valence-corrected chi connectivity index (χ0v) is 16.7. The highest BCUT2D eigenvalue weighted by Gasteiger charge is 2.09. The summed E-state index contributed by atoms with van der Waals surface area (Å²) in [6, 6.07) is 15.9. The second kappa shape index (κ2) is 8.22. The van der Waals surface area contributed by atoms with Crippen molar-refractivity contribution in [1.82, 2.24) is 4.98 Å². The second-order valence-electron chi connectivity index (χ2n) is 6.43. The van der Waals surface area contributed by atoms with E-state index in [9.17, 15) is 8.42 Å². The van der Waals surface area contributed by atoms with E-state index in [2.05, 4.69) is 33.4 Å². The Balaban J connectivity index is 1.71. The summed E-state index contributed by atoms with van der Waals surface area (Å²) in [6.45, 7) is 6.10. The highest BCUT2D eigenvalue weighted by Crippen LogP contribution is 2.24. The van der Waals surface area contributed by atoms with Crippen LogP contribution in [-0.2, 0) is 10.3 Å². The van der Waals surface area contributed by atoms with Crippen LogP contribution in [0.5, 0.6) is 5.75 Å². The number of aromatic amines is 1. The zero-order valence-electron chi connectivity index (χ0n) is 15.9. The van der Waals surface area contributed by atoms with Crippen molar-refractivity contribution in [2.24, 2.45) is 9.39 Å². The number of hydrogen-bond acceptors (Lipinski definition) is 4. The molecule has 7 heteroatoms. The number of para-hydroxylation sites is 1. The number of rotatable bonds is 6. The van der Waals surface area contributed by atoms with E-state index in [1.807, 2.05) is 13.8 Å². The number of H-pyrrole nitrogens is 1.